The molecule has 4 heterocycles. The molecule has 3 aromatic rings. The number of carbonyl (C=O) groups excluding carboxylic acids is 1. The predicted octanol–water partition coefficient (Wildman–Crippen LogP) is 2.38. The van der Waals surface area contributed by atoms with E-state index in [9.17, 15) is 9.59 Å². The number of piperidine rings is 1. The van der Waals surface area contributed by atoms with Crippen LogP contribution in [0.2, 0.25) is 0 Å². The van der Waals surface area contributed by atoms with Crippen LogP contribution in [0.3, 0.4) is 0 Å². The molecule has 0 bridgehead atoms. The van der Waals surface area contributed by atoms with E-state index in [4.69, 9.17) is 0 Å². The maximum atomic E-state index is 12.8. The highest BCUT2D eigenvalue weighted by molar-refractivity contribution is 7.08. The number of aromatic amines is 1. The van der Waals surface area contributed by atoms with Crippen LogP contribution in [0.4, 0.5) is 0 Å². The van der Waals surface area contributed by atoms with Gasteiger partial charge in [0.25, 0.3) is 5.56 Å². The number of imidazole rings is 1. The van der Waals surface area contributed by atoms with Gasteiger partial charge in [-0.3, -0.25) is 14.0 Å². The lowest BCUT2D eigenvalue weighted by Crippen LogP contribution is -2.40. The number of thiophene rings is 1. The van der Waals surface area contributed by atoms with Gasteiger partial charge in [-0.25, -0.2) is 4.98 Å². The molecular formula is C17H18N4O2S. The van der Waals surface area contributed by atoms with Crippen LogP contribution in [0.25, 0.3) is 5.78 Å². The lowest BCUT2D eigenvalue weighted by molar-refractivity contribution is -0.134. The van der Waals surface area contributed by atoms with Crippen LogP contribution in [-0.2, 0) is 11.2 Å². The Kier molecular flexibility index (Phi) is 3.93. The van der Waals surface area contributed by atoms with Crippen LogP contribution in [0, 0.1) is 0 Å². The van der Waals surface area contributed by atoms with Crippen molar-refractivity contribution in [3.63, 3.8) is 0 Å². The third-order valence-corrected chi connectivity index (χ3v) is 5.26. The maximum Gasteiger partial charge on any atom is 0.259 e. The summed E-state index contributed by atoms with van der Waals surface area (Å²) in [6.07, 6.45) is 6.56. The largest absolute Gasteiger partial charge is 0.334 e. The minimum absolute atomic E-state index is 0.0840. The van der Waals surface area contributed by atoms with E-state index in [0.717, 1.165) is 37.1 Å². The Balaban J connectivity index is 1.65. The number of H-pyrrole nitrogens is 1. The summed E-state index contributed by atoms with van der Waals surface area (Å²) >= 11 is 1.60. The highest BCUT2D eigenvalue weighted by Gasteiger charge is 2.29. The number of aromatic nitrogens is 3. The number of nitrogens with one attached hydrogen (secondary N) is 1. The molecule has 1 fully saturated rings. The van der Waals surface area contributed by atoms with E-state index < -0.39 is 0 Å². The zero-order chi connectivity index (χ0) is 16.5. The fourth-order valence-electron chi connectivity index (χ4n) is 3.34. The summed E-state index contributed by atoms with van der Waals surface area (Å²) in [5.41, 5.74) is 1.70. The van der Waals surface area contributed by atoms with Gasteiger partial charge in [0.15, 0.2) is 0 Å². The zero-order valence-electron chi connectivity index (χ0n) is 13.1. The zero-order valence-corrected chi connectivity index (χ0v) is 14.0. The molecule has 0 radical (unpaired) electrons. The number of hydrogen-bond donors (Lipinski definition) is 1. The SMILES string of the molecule is O=C(Cc1ccsc1)N1CCCC[C@@H]1c1cc(=O)n2ccnc2[nH]1. The molecule has 7 heteroatoms. The maximum absolute atomic E-state index is 12.8. The minimum Gasteiger partial charge on any atom is -0.334 e. The molecule has 3 aromatic heterocycles. The summed E-state index contributed by atoms with van der Waals surface area (Å²) in [6, 6.07) is 3.49. The van der Waals surface area contributed by atoms with Crippen LogP contribution in [0.1, 0.15) is 36.6 Å². The molecule has 1 saturated heterocycles. The van der Waals surface area contributed by atoms with E-state index in [-0.39, 0.29) is 17.5 Å². The molecule has 124 valence electrons. The molecule has 1 aliphatic heterocycles. The molecule has 0 saturated carbocycles. The molecule has 1 amide bonds. The molecule has 6 nitrogen and oxygen atoms in total. The first-order valence-corrected chi connectivity index (χ1v) is 9.03. The Labute approximate surface area is 142 Å². The van der Waals surface area contributed by atoms with E-state index >= 15 is 0 Å². The molecule has 0 spiro atoms. The lowest BCUT2D eigenvalue weighted by Gasteiger charge is -2.35. The van der Waals surface area contributed by atoms with E-state index in [0.29, 0.717) is 12.2 Å². The van der Waals surface area contributed by atoms with E-state index in [2.05, 4.69) is 9.97 Å². The predicted molar refractivity (Wildman–Crippen MR) is 92.1 cm³/mol. The molecule has 0 unspecified atom stereocenters. The van der Waals surface area contributed by atoms with Crippen molar-refractivity contribution in [3.8, 4) is 0 Å². The second-order valence-electron chi connectivity index (χ2n) is 6.09. The van der Waals surface area contributed by atoms with E-state index in [1.54, 1.807) is 29.8 Å². The monoisotopic (exact) mass is 342 g/mol. The standard InChI is InChI=1S/C17H18N4O2S/c22-15(9-12-4-8-24-11-12)20-6-2-1-3-14(20)13-10-16(23)21-7-5-18-17(21)19-13/h4-5,7-8,10-11,14H,1-3,6,9H2,(H,18,19)/t14-/m1/s1. The van der Waals surface area contributed by atoms with Crippen molar-refractivity contribution in [1.82, 2.24) is 19.3 Å². The first-order chi connectivity index (χ1) is 11.7. The Morgan fingerprint density at radius 3 is 3.17 bits per heavy atom. The Morgan fingerprint density at radius 1 is 1.42 bits per heavy atom. The van der Waals surface area contributed by atoms with Gasteiger partial charge in [0, 0.05) is 30.7 Å². The second kappa shape index (κ2) is 6.24. The van der Waals surface area contributed by atoms with Gasteiger partial charge < -0.3 is 9.88 Å². The fourth-order valence-corrected chi connectivity index (χ4v) is 4.01. The minimum atomic E-state index is -0.118. The number of fused-ring (bicyclic) bond motifs is 1. The summed E-state index contributed by atoms with van der Waals surface area (Å²) in [4.78, 5) is 34.3. The number of likely N-dealkylation sites (tertiary alicyclic amines) is 1. The van der Waals surface area contributed by atoms with Crippen molar-refractivity contribution in [2.45, 2.75) is 31.7 Å². The summed E-state index contributed by atoms with van der Waals surface area (Å²) in [5.74, 6) is 0.635. The van der Waals surface area contributed by atoms with Crippen molar-refractivity contribution in [2.75, 3.05) is 6.54 Å². The van der Waals surface area contributed by atoms with Crippen molar-refractivity contribution >= 4 is 23.0 Å². The Bertz CT molecular complexity index is 912. The first kappa shape index (κ1) is 15.1. The van der Waals surface area contributed by atoms with Gasteiger partial charge in [0.1, 0.15) is 0 Å². The van der Waals surface area contributed by atoms with Gasteiger partial charge in [0.2, 0.25) is 11.7 Å². The van der Waals surface area contributed by atoms with Crippen LogP contribution in [0.15, 0.2) is 40.1 Å². The summed E-state index contributed by atoms with van der Waals surface area (Å²) in [5, 5.41) is 4.00. The van der Waals surface area contributed by atoms with Gasteiger partial charge in [-0.05, 0) is 41.7 Å². The first-order valence-electron chi connectivity index (χ1n) is 8.09. The number of carbonyl (C=O) groups is 1. The second-order valence-corrected chi connectivity index (χ2v) is 6.87. The summed E-state index contributed by atoms with van der Waals surface area (Å²) in [6.45, 7) is 0.731. The molecule has 1 atom stereocenters. The van der Waals surface area contributed by atoms with Crippen molar-refractivity contribution in [2.24, 2.45) is 0 Å². The topological polar surface area (TPSA) is 70.5 Å². The summed E-state index contributed by atoms with van der Waals surface area (Å²) in [7, 11) is 0. The molecule has 0 aliphatic carbocycles. The molecule has 0 aromatic carbocycles. The van der Waals surface area contributed by atoms with E-state index in [1.807, 2.05) is 21.7 Å². The average Bonchev–Trinajstić information content (AvgIpc) is 3.26. The van der Waals surface area contributed by atoms with Gasteiger partial charge in [-0.15, -0.1) is 0 Å². The van der Waals surface area contributed by atoms with Gasteiger partial charge in [-0.2, -0.15) is 11.3 Å². The van der Waals surface area contributed by atoms with Crippen molar-refractivity contribution in [3.05, 3.63) is 56.9 Å². The third kappa shape index (κ3) is 2.75. The third-order valence-electron chi connectivity index (χ3n) is 4.53. The summed E-state index contributed by atoms with van der Waals surface area (Å²) < 4.78 is 1.48. The molecule has 1 aliphatic rings. The number of amides is 1. The Hall–Kier alpha value is -2.41. The number of nitrogens with zero attached hydrogens (tertiary/aromatic N) is 3. The van der Waals surface area contributed by atoms with Crippen LogP contribution >= 0.6 is 11.3 Å². The van der Waals surface area contributed by atoms with Crippen LogP contribution in [0.5, 0.6) is 0 Å². The normalized spacial score (nSPS) is 18.2. The Morgan fingerprint density at radius 2 is 2.33 bits per heavy atom. The number of hydrogen-bond acceptors (Lipinski definition) is 4. The van der Waals surface area contributed by atoms with Gasteiger partial charge in [0.05, 0.1) is 12.5 Å². The van der Waals surface area contributed by atoms with Crippen molar-refractivity contribution < 1.29 is 4.79 Å². The van der Waals surface area contributed by atoms with Crippen LogP contribution < -0.4 is 5.56 Å². The smallest absolute Gasteiger partial charge is 0.259 e. The molecular weight excluding hydrogens is 324 g/mol. The molecule has 24 heavy (non-hydrogen) atoms. The highest BCUT2D eigenvalue weighted by Crippen LogP contribution is 2.30. The fraction of sp³-hybridized carbons (Fsp3) is 0.353. The highest BCUT2D eigenvalue weighted by atomic mass is 32.1. The quantitative estimate of drug-likeness (QED) is 0.794. The average molecular weight is 342 g/mol. The lowest BCUT2D eigenvalue weighted by atomic mass is 9.98. The number of rotatable bonds is 3. The van der Waals surface area contributed by atoms with Crippen molar-refractivity contribution in [1.29, 1.82) is 0 Å². The van der Waals surface area contributed by atoms with Gasteiger partial charge >= 0.3 is 0 Å². The van der Waals surface area contributed by atoms with E-state index in [1.165, 1.54) is 4.40 Å². The van der Waals surface area contributed by atoms with Crippen LogP contribution in [-0.4, -0.2) is 31.7 Å². The van der Waals surface area contributed by atoms with Gasteiger partial charge in [-0.1, -0.05) is 0 Å². The molecule has 4 rings (SSSR count). The molecule has 1 N–H and O–H groups in total.